The molecule has 1 aromatic carbocycles. The summed E-state index contributed by atoms with van der Waals surface area (Å²) in [4.78, 5) is 23.5. The molecule has 0 spiro atoms. The Kier molecular flexibility index (Phi) is 3.37. The molecule has 1 atom stereocenters. The first kappa shape index (κ1) is 13.9. The fourth-order valence-electron chi connectivity index (χ4n) is 2.43. The number of hydrogen-bond donors (Lipinski definition) is 2. The first-order valence-electron chi connectivity index (χ1n) is 6.69. The normalized spacial score (nSPS) is 15.9. The summed E-state index contributed by atoms with van der Waals surface area (Å²) in [6, 6.07) is 4.24. The van der Waals surface area contributed by atoms with Gasteiger partial charge in [0, 0.05) is 16.0 Å². The quantitative estimate of drug-likeness (QED) is 0.910. The van der Waals surface area contributed by atoms with Crippen LogP contribution in [0.15, 0.2) is 22.6 Å². The van der Waals surface area contributed by atoms with E-state index in [1.807, 2.05) is 0 Å². The molecule has 1 saturated carbocycles. The number of carbonyl (C=O) groups excluding carboxylic acids is 1. The standard InChI is InChI=1S/C15H14ClNO4/c1-7-10-6-9(16)4-5-11(10)21-13(7)14(18)17-12(15(19)20)8-2-3-8/h4-6,8,12H,2-3H2,1H3,(H,17,18)(H,19,20). The minimum atomic E-state index is -1.01. The minimum Gasteiger partial charge on any atom is -0.480 e. The Morgan fingerprint density at radius 3 is 2.76 bits per heavy atom. The second kappa shape index (κ2) is 5.07. The van der Waals surface area contributed by atoms with E-state index in [1.165, 1.54) is 0 Å². The molecule has 0 aliphatic heterocycles. The van der Waals surface area contributed by atoms with Crippen LogP contribution in [-0.4, -0.2) is 23.0 Å². The van der Waals surface area contributed by atoms with Gasteiger partial charge in [0.2, 0.25) is 0 Å². The van der Waals surface area contributed by atoms with E-state index in [-0.39, 0.29) is 11.7 Å². The lowest BCUT2D eigenvalue weighted by Crippen LogP contribution is -2.42. The average molecular weight is 308 g/mol. The van der Waals surface area contributed by atoms with Gasteiger partial charge in [-0.2, -0.15) is 0 Å². The molecule has 1 aliphatic rings. The van der Waals surface area contributed by atoms with Crippen molar-refractivity contribution in [1.82, 2.24) is 5.32 Å². The molecule has 2 aromatic rings. The predicted molar refractivity (Wildman–Crippen MR) is 77.6 cm³/mol. The van der Waals surface area contributed by atoms with Gasteiger partial charge in [0.1, 0.15) is 11.6 Å². The minimum absolute atomic E-state index is 0.0191. The highest BCUT2D eigenvalue weighted by molar-refractivity contribution is 6.31. The highest BCUT2D eigenvalue weighted by Gasteiger charge is 2.38. The Labute approximate surface area is 125 Å². The third-order valence-electron chi connectivity index (χ3n) is 3.75. The topological polar surface area (TPSA) is 79.5 Å². The van der Waals surface area contributed by atoms with Gasteiger partial charge in [0.15, 0.2) is 5.76 Å². The summed E-state index contributed by atoms with van der Waals surface area (Å²) < 4.78 is 5.53. The summed E-state index contributed by atoms with van der Waals surface area (Å²) in [7, 11) is 0. The molecule has 6 heteroatoms. The van der Waals surface area contributed by atoms with E-state index in [4.69, 9.17) is 21.1 Å². The molecule has 110 valence electrons. The monoisotopic (exact) mass is 307 g/mol. The molecule has 0 saturated heterocycles. The summed E-state index contributed by atoms with van der Waals surface area (Å²) in [6.45, 7) is 1.75. The number of nitrogens with one attached hydrogen (secondary N) is 1. The number of aryl methyl sites for hydroxylation is 1. The van der Waals surface area contributed by atoms with Gasteiger partial charge < -0.3 is 14.8 Å². The molecule has 0 radical (unpaired) electrons. The third-order valence-corrected chi connectivity index (χ3v) is 3.99. The molecule has 1 amide bonds. The van der Waals surface area contributed by atoms with E-state index in [0.717, 1.165) is 18.2 Å². The lowest BCUT2D eigenvalue weighted by atomic mass is 10.1. The van der Waals surface area contributed by atoms with Crippen molar-refractivity contribution in [2.75, 3.05) is 0 Å². The van der Waals surface area contributed by atoms with E-state index in [9.17, 15) is 9.59 Å². The Hall–Kier alpha value is -2.01. The zero-order chi connectivity index (χ0) is 15.1. The van der Waals surface area contributed by atoms with Gasteiger partial charge in [-0.15, -0.1) is 0 Å². The van der Waals surface area contributed by atoms with Crippen molar-refractivity contribution in [3.63, 3.8) is 0 Å². The molecule has 1 fully saturated rings. The number of rotatable bonds is 4. The van der Waals surface area contributed by atoms with Crippen molar-refractivity contribution >= 4 is 34.4 Å². The maximum atomic E-state index is 12.3. The van der Waals surface area contributed by atoms with Crippen LogP contribution in [0, 0.1) is 12.8 Å². The number of carboxylic acid groups (broad SMARTS) is 1. The Morgan fingerprint density at radius 1 is 1.43 bits per heavy atom. The van der Waals surface area contributed by atoms with Crippen LogP contribution < -0.4 is 5.32 Å². The Morgan fingerprint density at radius 2 is 2.14 bits per heavy atom. The summed E-state index contributed by atoms with van der Waals surface area (Å²) in [5.74, 6) is -1.36. The van der Waals surface area contributed by atoms with Crippen LogP contribution in [-0.2, 0) is 4.79 Å². The zero-order valence-corrected chi connectivity index (χ0v) is 12.1. The van der Waals surface area contributed by atoms with E-state index in [1.54, 1.807) is 25.1 Å². The molecule has 1 aromatic heterocycles. The number of fused-ring (bicyclic) bond motifs is 1. The molecule has 1 unspecified atom stereocenters. The largest absolute Gasteiger partial charge is 0.480 e. The van der Waals surface area contributed by atoms with Gasteiger partial charge in [-0.3, -0.25) is 4.79 Å². The first-order chi connectivity index (χ1) is 9.97. The van der Waals surface area contributed by atoms with Crippen LogP contribution in [0.2, 0.25) is 5.02 Å². The van der Waals surface area contributed by atoms with Crippen LogP contribution >= 0.6 is 11.6 Å². The van der Waals surface area contributed by atoms with Crippen molar-refractivity contribution < 1.29 is 19.1 Å². The number of halogens is 1. The van der Waals surface area contributed by atoms with E-state index in [2.05, 4.69) is 5.32 Å². The second-order valence-electron chi connectivity index (χ2n) is 5.32. The molecule has 3 rings (SSSR count). The summed E-state index contributed by atoms with van der Waals surface area (Å²) in [5, 5.41) is 13.0. The summed E-state index contributed by atoms with van der Waals surface area (Å²) in [5.41, 5.74) is 1.21. The Bertz CT molecular complexity index is 733. The molecular weight excluding hydrogens is 294 g/mol. The number of carbonyl (C=O) groups is 2. The lowest BCUT2D eigenvalue weighted by molar-refractivity contribution is -0.139. The van der Waals surface area contributed by atoms with Crippen LogP contribution in [0.25, 0.3) is 11.0 Å². The second-order valence-corrected chi connectivity index (χ2v) is 5.76. The number of carboxylic acids is 1. The summed E-state index contributed by atoms with van der Waals surface area (Å²) >= 11 is 5.94. The number of amides is 1. The average Bonchev–Trinajstić information content (AvgIpc) is 3.21. The van der Waals surface area contributed by atoms with Gasteiger partial charge in [0.05, 0.1) is 0 Å². The van der Waals surface area contributed by atoms with Crippen molar-refractivity contribution in [2.24, 2.45) is 5.92 Å². The fourth-order valence-corrected chi connectivity index (χ4v) is 2.60. The SMILES string of the molecule is Cc1c(C(=O)NC(C(=O)O)C2CC2)oc2ccc(Cl)cc12. The number of furan rings is 1. The van der Waals surface area contributed by atoms with Gasteiger partial charge >= 0.3 is 5.97 Å². The van der Waals surface area contributed by atoms with E-state index < -0.39 is 17.9 Å². The third kappa shape index (κ3) is 2.61. The van der Waals surface area contributed by atoms with Crippen LogP contribution in [0.1, 0.15) is 29.0 Å². The molecule has 5 nitrogen and oxygen atoms in total. The van der Waals surface area contributed by atoms with E-state index >= 15 is 0 Å². The van der Waals surface area contributed by atoms with Gasteiger partial charge in [-0.05, 0) is 43.9 Å². The maximum Gasteiger partial charge on any atom is 0.326 e. The Balaban J connectivity index is 1.90. The number of hydrogen-bond acceptors (Lipinski definition) is 3. The van der Waals surface area contributed by atoms with Crippen molar-refractivity contribution in [3.05, 3.63) is 34.5 Å². The molecule has 1 aliphatic carbocycles. The highest BCUT2D eigenvalue weighted by atomic mass is 35.5. The smallest absolute Gasteiger partial charge is 0.326 e. The molecular formula is C15H14ClNO4. The zero-order valence-electron chi connectivity index (χ0n) is 11.4. The molecule has 0 bridgehead atoms. The summed E-state index contributed by atoms with van der Waals surface area (Å²) in [6.07, 6.45) is 1.65. The maximum absolute atomic E-state index is 12.3. The fraction of sp³-hybridized carbons (Fsp3) is 0.333. The van der Waals surface area contributed by atoms with Crippen molar-refractivity contribution in [1.29, 1.82) is 0 Å². The van der Waals surface area contributed by atoms with Crippen molar-refractivity contribution in [3.8, 4) is 0 Å². The van der Waals surface area contributed by atoms with Gasteiger partial charge in [0.25, 0.3) is 5.91 Å². The highest BCUT2D eigenvalue weighted by Crippen LogP contribution is 2.33. The molecule has 1 heterocycles. The van der Waals surface area contributed by atoms with Crippen LogP contribution in [0.5, 0.6) is 0 Å². The van der Waals surface area contributed by atoms with Crippen LogP contribution in [0.4, 0.5) is 0 Å². The van der Waals surface area contributed by atoms with Gasteiger partial charge in [-0.1, -0.05) is 11.6 Å². The molecule has 21 heavy (non-hydrogen) atoms. The number of benzene rings is 1. The predicted octanol–water partition coefficient (Wildman–Crippen LogP) is 2.99. The van der Waals surface area contributed by atoms with E-state index in [0.29, 0.717) is 16.2 Å². The lowest BCUT2D eigenvalue weighted by Gasteiger charge is -2.12. The number of aliphatic carboxylic acids is 1. The van der Waals surface area contributed by atoms with Gasteiger partial charge in [-0.25, -0.2) is 4.79 Å². The van der Waals surface area contributed by atoms with Crippen LogP contribution in [0.3, 0.4) is 0 Å². The van der Waals surface area contributed by atoms with Crippen molar-refractivity contribution in [2.45, 2.75) is 25.8 Å². The first-order valence-corrected chi connectivity index (χ1v) is 7.07. The molecule has 2 N–H and O–H groups in total.